The van der Waals surface area contributed by atoms with Gasteiger partial charge >= 0.3 is 0 Å². The lowest BCUT2D eigenvalue weighted by atomic mass is 10.4. The minimum atomic E-state index is 0.295. The molecule has 2 saturated heterocycles. The second-order valence-electron chi connectivity index (χ2n) is 4.82. The monoisotopic (exact) mass is 212 g/mol. The van der Waals surface area contributed by atoms with Crippen LogP contribution in [0.5, 0.6) is 0 Å². The molecule has 3 heteroatoms. The molecule has 0 saturated carbocycles. The van der Waals surface area contributed by atoms with Crippen LogP contribution in [0.4, 0.5) is 0 Å². The minimum absolute atomic E-state index is 0.295. The zero-order valence-corrected chi connectivity index (χ0v) is 10.1. The van der Waals surface area contributed by atoms with Gasteiger partial charge in [-0.15, -0.1) is 0 Å². The van der Waals surface area contributed by atoms with E-state index in [2.05, 4.69) is 23.6 Å². The topological polar surface area (TPSA) is 15.7 Å². The Morgan fingerprint density at radius 3 is 1.40 bits per heavy atom. The summed E-state index contributed by atoms with van der Waals surface area (Å²) in [5.74, 6) is 0. The van der Waals surface area contributed by atoms with Crippen molar-refractivity contribution in [3.05, 3.63) is 0 Å². The molecule has 0 aliphatic carbocycles. The van der Waals surface area contributed by atoms with Crippen LogP contribution in [0, 0.1) is 0 Å². The van der Waals surface area contributed by atoms with Crippen LogP contribution in [0.25, 0.3) is 0 Å². The molecule has 2 fully saturated rings. The lowest BCUT2D eigenvalue weighted by Gasteiger charge is -2.31. The van der Waals surface area contributed by atoms with Crippen LogP contribution in [0.15, 0.2) is 0 Å². The molecule has 0 bridgehead atoms. The predicted molar refractivity (Wildman–Crippen MR) is 61.6 cm³/mol. The van der Waals surface area contributed by atoms with E-state index in [1.165, 1.54) is 51.9 Å². The summed E-state index contributed by atoms with van der Waals surface area (Å²) in [4.78, 5) is 4.90. The van der Waals surface area contributed by atoms with Crippen molar-refractivity contribution in [2.45, 2.75) is 52.0 Å². The van der Waals surface area contributed by atoms with Gasteiger partial charge in [0.05, 0.1) is 0 Å². The summed E-state index contributed by atoms with van der Waals surface area (Å²) in [5.41, 5.74) is 0. The molecule has 3 nitrogen and oxygen atoms in total. The lowest BCUT2D eigenvalue weighted by molar-refractivity contribution is -0.128. The van der Waals surface area contributed by atoms with Crippen LogP contribution in [0.1, 0.15) is 39.5 Å². The molecule has 2 aliphatic heterocycles. The fourth-order valence-electron chi connectivity index (χ4n) is 2.67. The number of nitrogens with zero attached hydrogens (tertiary/aromatic N) is 2. The maximum absolute atomic E-state index is 6.07. The Kier molecular flexibility index (Phi) is 4.00. The fraction of sp³-hybridized carbons (Fsp3) is 1.00. The number of ether oxygens (including phenoxy) is 1. The number of rotatable bonds is 4. The third kappa shape index (κ3) is 2.92. The van der Waals surface area contributed by atoms with E-state index in [9.17, 15) is 0 Å². The van der Waals surface area contributed by atoms with Gasteiger partial charge in [-0.3, -0.25) is 9.80 Å². The normalized spacial score (nSPS) is 28.4. The molecule has 15 heavy (non-hydrogen) atoms. The number of hydrogen-bond acceptors (Lipinski definition) is 3. The summed E-state index contributed by atoms with van der Waals surface area (Å²) in [6, 6.07) is 0. The van der Waals surface area contributed by atoms with Gasteiger partial charge in [-0.2, -0.15) is 0 Å². The van der Waals surface area contributed by atoms with Gasteiger partial charge in [0.25, 0.3) is 0 Å². The Hall–Kier alpha value is -0.120. The van der Waals surface area contributed by atoms with E-state index >= 15 is 0 Å². The Morgan fingerprint density at radius 1 is 0.733 bits per heavy atom. The van der Waals surface area contributed by atoms with Crippen LogP contribution >= 0.6 is 0 Å². The maximum Gasteiger partial charge on any atom is 0.109 e. The highest BCUT2D eigenvalue weighted by Crippen LogP contribution is 2.17. The van der Waals surface area contributed by atoms with E-state index in [0.717, 1.165) is 0 Å². The molecule has 0 aromatic carbocycles. The van der Waals surface area contributed by atoms with Crippen molar-refractivity contribution in [3.8, 4) is 0 Å². The van der Waals surface area contributed by atoms with Gasteiger partial charge < -0.3 is 4.74 Å². The zero-order valence-electron chi connectivity index (χ0n) is 10.1. The molecule has 2 heterocycles. The first-order valence-electron chi connectivity index (χ1n) is 6.41. The van der Waals surface area contributed by atoms with Crippen molar-refractivity contribution in [1.29, 1.82) is 0 Å². The van der Waals surface area contributed by atoms with E-state index in [0.29, 0.717) is 12.5 Å². The van der Waals surface area contributed by atoms with E-state index in [1.807, 2.05) is 0 Å². The Bertz CT molecular complexity index is 166. The first-order chi connectivity index (χ1) is 7.27. The molecule has 88 valence electrons. The van der Waals surface area contributed by atoms with Crippen molar-refractivity contribution in [2.75, 3.05) is 26.2 Å². The van der Waals surface area contributed by atoms with E-state index in [1.54, 1.807) is 0 Å². The second-order valence-corrected chi connectivity index (χ2v) is 4.82. The standard InChI is InChI=1S/C12H24N2O/c1-11(13-7-3-4-8-13)15-12(2)14-9-5-6-10-14/h11-12H,3-10H2,1-2H3. The van der Waals surface area contributed by atoms with E-state index in [4.69, 9.17) is 4.74 Å². The lowest BCUT2D eigenvalue weighted by Crippen LogP contribution is -2.41. The summed E-state index contributed by atoms with van der Waals surface area (Å²) >= 11 is 0. The van der Waals surface area contributed by atoms with Crippen molar-refractivity contribution in [3.63, 3.8) is 0 Å². The summed E-state index contributed by atoms with van der Waals surface area (Å²) in [5, 5.41) is 0. The Balaban J connectivity index is 1.74. The average molecular weight is 212 g/mol. The van der Waals surface area contributed by atoms with Gasteiger partial charge in [0, 0.05) is 26.2 Å². The van der Waals surface area contributed by atoms with Crippen LogP contribution < -0.4 is 0 Å². The fourth-order valence-corrected chi connectivity index (χ4v) is 2.67. The van der Waals surface area contributed by atoms with Gasteiger partial charge in [0.15, 0.2) is 0 Å². The summed E-state index contributed by atoms with van der Waals surface area (Å²) in [7, 11) is 0. The van der Waals surface area contributed by atoms with E-state index in [-0.39, 0.29) is 0 Å². The van der Waals surface area contributed by atoms with Crippen molar-refractivity contribution >= 4 is 0 Å². The largest absolute Gasteiger partial charge is 0.345 e. The molecule has 0 radical (unpaired) electrons. The second kappa shape index (κ2) is 5.28. The highest BCUT2D eigenvalue weighted by atomic mass is 16.5. The van der Waals surface area contributed by atoms with Crippen LogP contribution in [-0.4, -0.2) is 48.4 Å². The molecular weight excluding hydrogens is 188 g/mol. The molecule has 0 amide bonds. The van der Waals surface area contributed by atoms with Crippen molar-refractivity contribution < 1.29 is 4.74 Å². The maximum atomic E-state index is 6.07. The van der Waals surface area contributed by atoms with E-state index < -0.39 is 0 Å². The smallest absolute Gasteiger partial charge is 0.109 e. The van der Waals surface area contributed by atoms with Gasteiger partial charge in [-0.1, -0.05) is 0 Å². The average Bonchev–Trinajstić information content (AvgIpc) is 2.91. The quantitative estimate of drug-likeness (QED) is 0.708. The summed E-state index contributed by atoms with van der Waals surface area (Å²) < 4.78 is 6.07. The SMILES string of the molecule is CC(OC(C)N1CCCC1)N1CCCC1. The zero-order chi connectivity index (χ0) is 10.7. The van der Waals surface area contributed by atoms with Gasteiger partial charge in [0.2, 0.25) is 0 Å². The Labute approximate surface area is 93.4 Å². The van der Waals surface area contributed by atoms with Crippen molar-refractivity contribution in [1.82, 2.24) is 9.80 Å². The molecule has 2 atom stereocenters. The van der Waals surface area contributed by atoms with Crippen LogP contribution in [-0.2, 0) is 4.74 Å². The third-order valence-electron chi connectivity index (χ3n) is 3.70. The van der Waals surface area contributed by atoms with Gasteiger partial charge in [0.1, 0.15) is 12.5 Å². The molecule has 0 aromatic heterocycles. The molecule has 0 N–H and O–H groups in total. The molecule has 2 rings (SSSR count). The van der Waals surface area contributed by atoms with Crippen LogP contribution in [0.3, 0.4) is 0 Å². The summed E-state index contributed by atoms with van der Waals surface area (Å²) in [6.45, 7) is 9.25. The highest BCUT2D eigenvalue weighted by Gasteiger charge is 2.24. The minimum Gasteiger partial charge on any atom is -0.345 e. The van der Waals surface area contributed by atoms with Crippen molar-refractivity contribution in [2.24, 2.45) is 0 Å². The molecular formula is C12H24N2O. The van der Waals surface area contributed by atoms with Gasteiger partial charge in [-0.25, -0.2) is 0 Å². The van der Waals surface area contributed by atoms with Gasteiger partial charge in [-0.05, 0) is 39.5 Å². The van der Waals surface area contributed by atoms with Crippen LogP contribution in [0.2, 0.25) is 0 Å². The molecule has 2 aliphatic rings. The Morgan fingerprint density at radius 2 is 1.07 bits per heavy atom. The molecule has 0 spiro atoms. The molecule has 0 aromatic rings. The first-order valence-corrected chi connectivity index (χ1v) is 6.41. The highest BCUT2D eigenvalue weighted by molar-refractivity contribution is 4.71. The number of hydrogen-bond donors (Lipinski definition) is 0. The summed E-state index contributed by atoms with van der Waals surface area (Å²) in [6.07, 6.45) is 5.95. The third-order valence-corrected chi connectivity index (χ3v) is 3.70. The predicted octanol–water partition coefficient (Wildman–Crippen LogP) is 1.89. The molecule has 2 unspecified atom stereocenters. The number of likely N-dealkylation sites (tertiary alicyclic amines) is 2. The first kappa shape index (κ1) is 11.4.